The quantitative estimate of drug-likeness (QED) is 0.582. The second-order valence-electron chi connectivity index (χ2n) is 4.16. The first kappa shape index (κ1) is 14.8. The lowest BCUT2D eigenvalue weighted by molar-refractivity contribution is -0.142. The fourth-order valence-electron chi connectivity index (χ4n) is 1.68. The molecule has 0 unspecified atom stereocenters. The molecule has 0 aliphatic carbocycles. The molecule has 0 aliphatic rings. The van der Waals surface area contributed by atoms with E-state index in [1.165, 1.54) is 0 Å². The molecular formula is C15H17NO3. The number of amides is 1. The maximum Gasteiger partial charge on any atom is 0.330 e. The number of unbranched alkanes of at least 4 members (excludes halogenated alkanes) is 2. The molecular weight excluding hydrogens is 242 g/mol. The van der Waals surface area contributed by atoms with Crippen molar-refractivity contribution >= 4 is 11.9 Å². The number of carboxylic acid groups (broad SMARTS) is 1. The number of carboxylic acids is 1. The number of carbonyl (C=O) groups excluding carboxylic acids is 1. The number of nitrogens with one attached hydrogen (secondary N) is 1. The van der Waals surface area contributed by atoms with Gasteiger partial charge in [0.25, 0.3) is 0 Å². The summed E-state index contributed by atoms with van der Waals surface area (Å²) < 4.78 is 0. The number of terminal acetylenes is 1. The van der Waals surface area contributed by atoms with Crippen molar-refractivity contribution in [2.45, 2.75) is 31.7 Å². The molecule has 1 aromatic rings. The Hall–Kier alpha value is -2.28. The molecule has 2 N–H and O–H groups in total. The summed E-state index contributed by atoms with van der Waals surface area (Å²) in [5.74, 6) is 1.16. The smallest absolute Gasteiger partial charge is 0.330 e. The maximum absolute atomic E-state index is 11.7. The van der Waals surface area contributed by atoms with Crippen LogP contribution in [0.2, 0.25) is 0 Å². The molecule has 4 heteroatoms. The fraction of sp³-hybridized carbons (Fsp3) is 0.333. The van der Waals surface area contributed by atoms with Crippen LogP contribution in [0.5, 0.6) is 0 Å². The van der Waals surface area contributed by atoms with Crippen molar-refractivity contribution < 1.29 is 14.7 Å². The van der Waals surface area contributed by atoms with Crippen LogP contribution in [0.4, 0.5) is 0 Å². The second-order valence-corrected chi connectivity index (χ2v) is 4.16. The lowest BCUT2D eigenvalue weighted by atomic mass is 10.1. The van der Waals surface area contributed by atoms with Crippen molar-refractivity contribution in [1.29, 1.82) is 0 Å². The Kier molecular flexibility index (Phi) is 6.17. The predicted octanol–water partition coefficient (Wildman–Crippen LogP) is 2.12. The average Bonchev–Trinajstić information content (AvgIpc) is 2.41. The summed E-state index contributed by atoms with van der Waals surface area (Å²) in [7, 11) is 0. The zero-order valence-corrected chi connectivity index (χ0v) is 10.6. The first-order valence-corrected chi connectivity index (χ1v) is 6.15. The van der Waals surface area contributed by atoms with Crippen molar-refractivity contribution in [3.05, 3.63) is 35.9 Å². The Balaban J connectivity index is 2.53. The van der Waals surface area contributed by atoms with Crippen molar-refractivity contribution in [1.82, 2.24) is 5.32 Å². The number of carbonyl (C=O) groups is 2. The lowest BCUT2D eigenvalue weighted by Crippen LogP contribution is -2.33. The van der Waals surface area contributed by atoms with Crippen molar-refractivity contribution in [3.8, 4) is 12.3 Å². The van der Waals surface area contributed by atoms with Crippen LogP contribution in [-0.2, 0) is 9.59 Å². The number of benzene rings is 1. The molecule has 1 atom stereocenters. The molecule has 19 heavy (non-hydrogen) atoms. The fourth-order valence-corrected chi connectivity index (χ4v) is 1.68. The summed E-state index contributed by atoms with van der Waals surface area (Å²) in [5, 5.41) is 11.7. The van der Waals surface area contributed by atoms with E-state index < -0.39 is 12.0 Å². The summed E-state index contributed by atoms with van der Waals surface area (Å²) in [5.41, 5.74) is 0.562. The van der Waals surface area contributed by atoms with E-state index in [1.807, 2.05) is 0 Å². The summed E-state index contributed by atoms with van der Waals surface area (Å²) in [6, 6.07) is 7.63. The first-order valence-electron chi connectivity index (χ1n) is 6.15. The van der Waals surface area contributed by atoms with Crippen LogP contribution in [-0.4, -0.2) is 17.0 Å². The summed E-state index contributed by atoms with van der Waals surface area (Å²) in [4.78, 5) is 22.8. The predicted molar refractivity (Wildman–Crippen MR) is 72.3 cm³/mol. The van der Waals surface area contributed by atoms with Crippen LogP contribution in [0, 0.1) is 12.3 Å². The Morgan fingerprint density at radius 1 is 1.26 bits per heavy atom. The highest BCUT2D eigenvalue weighted by Gasteiger charge is 2.21. The van der Waals surface area contributed by atoms with Gasteiger partial charge in [0.15, 0.2) is 6.04 Å². The van der Waals surface area contributed by atoms with Gasteiger partial charge in [0.1, 0.15) is 0 Å². The lowest BCUT2D eigenvalue weighted by Gasteiger charge is -2.14. The van der Waals surface area contributed by atoms with E-state index in [1.54, 1.807) is 30.3 Å². The van der Waals surface area contributed by atoms with Gasteiger partial charge in [0, 0.05) is 12.8 Å². The highest BCUT2D eigenvalue weighted by molar-refractivity contribution is 5.84. The van der Waals surface area contributed by atoms with Gasteiger partial charge in [0.2, 0.25) is 5.91 Å². The molecule has 1 amide bonds. The normalized spacial score (nSPS) is 11.3. The van der Waals surface area contributed by atoms with Gasteiger partial charge >= 0.3 is 5.97 Å². The molecule has 100 valence electrons. The van der Waals surface area contributed by atoms with E-state index in [2.05, 4.69) is 11.2 Å². The average molecular weight is 259 g/mol. The van der Waals surface area contributed by atoms with E-state index >= 15 is 0 Å². The monoisotopic (exact) mass is 259 g/mol. The summed E-state index contributed by atoms with van der Waals surface area (Å²) in [6.45, 7) is 0. The Labute approximate surface area is 112 Å². The van der Waals surface area contributed by atoms with Gasteiger partial charge in [-0.1, -0.05) is 30.3 Å². The molecule has 0 heterocycles. The van der Waals surface area contributed by atoms with Gasteiger partial charge in [-0.3, -0.25) is 4.79 Å². The Morgan fingerprint density at radius 2 is 1.95 bits per heavy atom. The molecule has 0 spiro atoms. The maximum atomic E-state index is 11.7. The Bertz CT molecular complexity index is 462. The van der Waals surface area contributed by atoms with Gasteiger partial charge in [-0.2, -0.15) is 0 Å². The van der Waals surface area contributed by atoms with E-state index in [-0.39, 0.29) is 12.3 Å². The number of rotatable bonds is 7. The molecule has 1 aromatic carbocycles. The van der Waals surface area contributed by atoms with Crippen molar-refractivity contribution in [3.63, 3.8) is 0 Å². The SMILES string of the molecule is C#CCCCCC(=O)N[C@H](C(=O)O)c1ccccc1. The van der Waals surface area contributed by atoms with Crippen molar-refractivity contribution in [2.75, 3.05) is 0 Å². The summed E-state index contributed by atoms with van der Waals surface area (Å²) >= 11 is 0. The second kappa shape index (κ2) is 7.93. The van der Waals surface area contributed by atoms with E-state index in [9.17, 15) is 9.59 Å². The molecule has 0 saturated carbocycles. The van der Waals surface area contributed by atoms with Crippen LogP contribution in [0.15, 0.2) is 30.3 Å². The van der Waals surface area contributed by atoms with Crippen LogP contribution in [0.1, 0.15) is 37.3 Å². The van der Waals surface area contributed by atoms with Gasteiger partial charge in [-0.15, -0.1) is 12.3 Å². The first-order chi connectivity index (χ1) is 9.15. The highest BCUT2D eigenvalue weighted by atomic mass is 16.4. The summed E-state index contributed by atoms with van der Waals surface area (Å²) in [6.07, 6.45) is 7.47. The van der Waals surface area contributed by atoms with E-state index in [0.29, 0.717) is 18.4 Å². The van der Waals surface area contributed by atoms with Crippen molar-refractivity contribution in [2.24, 2.45) is 0 Å². The largest absolute Gasteiger partial charge is 0.479 e. The molecule has 1 rings (SSSR count). The molecule has 0 saturated heterocycles. The minimum absolute atomic E-state index is 0.270. The number of hydrogen-bond donors (Lipinski definition) is 2. The van der Waals surface area contributed by atoms with E-state index in [0.717, 1.165) is 6.42 Å². The molecule has 0 aromatic heterocycles. The molecule has 4 nitrogen and oxygen atoms in total. The third-order valence-corrected chi connectivity index (χ3v) is 2.66. The van der Waals surface area contributed by atoms with Crippen LogP contribution in [0.3, 0.4) is 0 Å². The molecule has 0 fully saturated rings. The molecule has 0 radical (unpaired) electrons. The zero-order valence-electron chi connectivity index (χ0n) is 10.6. The minimum atomic E-state index is -1.07. The van der Waals surface area contributed by atoms with Gasteiger partial charge < -0.3 is 10.4 Å². The van der Waals surface area contributed by atoms with Gasteiger partial charge in [0.05, 0.1) is 0 Å². The zero-order chi connectivity index (χ0) is 14.1. The standard InChI is InChI=1S/C15H17NO3/c1-2-3-4-8-11-13(17)16-14(15(18)19)12-9-6-5-7-10-12/h1,5-7,9-10,14H,3-4,8,11H2,(H,16,17)(H,18,19)/t14-/m0/s1. The van der Waals surface area contributed by atoms with Crippen LogP contribution < -0.4 is 5.32 Å². The molecule has 0 bridgehead atoms. The van der Waals surface area contributed by atoms with E-state index in [4.69, 9.17) is 11.5 Å². The third-order valence-electron chi connectivity index (χ3n) is 2.66. The highest BCUT2D eigenvalue weighted by Crippen LogP contribution is 2.13. The third kappa shape index (κ3) is 5.26. The van der Waals surface area contributed by atoms with Gasteiger partial charge in [-0.25, -0.2) is 4.79 Å². The number of aliphatic carboxylic acids is 1. The van der Waals surface area contributed by atoms with Crippen LogP contribution in [0.25, 0.3) is 0 Å². The molecule has 0 aliphatic heterocycles. The van der Waals surface area contributed by atoms with Gasteiger partial charge in [-0.05, 0) is 18.4 Å². The Morgan fingerprint density at radius 3 is 2.53 bits per heavy atom. The topological polar surface area (TPSA) is 66.4 Å². The minimum Gasteiger partial charge on any atom is -0.479 e. The number of hydrogen-bond acceptors (Lipinski definition) is 2. The van der Waals surface area contributed by atoms with Crippen LogP contribution >= 0.6 is 0 Å².